The topological polar surface area (TPSA) is 38.9 Å². The Bertz CT molecular complexity index is 497. The highest BCUT2D eigenvalue weighted by molar-refractivity contribution is 9.10. The van der Waals surface area contributed by atoms with Gasteiger partial charge in [-0.3, -0.25) is 0 Å². The normalized spacial score (nSPS) is 12.4. The molecule has 0 aliphatic rings. The van der Waals surface area contributed by atoms with Crippen LogP contribution in [0.25, 0.3) is 0 Å². The average molecular weight is 309 g/mol. The van der Waals surface area contributed by atoms with Crippen molar-refractivity contribution in [2.45, 2.75) is 22.9 Å². The van der Waals surface area contributed by atoms with Crippen LogP contribution < -0.4 is 5.73 Å². The molecule has 0 amide bonds. The van der Waals surface area contributed by atoms with Crippen LogP contribution in [0.4, 0.5) is 0 Å². The number of nitrogens with zero attached hydrogens (tertiary/aromatic N) is 1. The Kier molecular flexibility index (Phi) is 4.20. The molecule has 0 aliphatic carbocycles. The Balaban J connectivity index is 2.17. The van der Waals surface area contributed by atoms with Crippen LogP contribution in [0.2, 0.25) is 0 Å². The van der Waals surface area contributed by atoms with E-state index in [1.54, 1.807) is 18.0 Å². The number of nitrogens with two attached hydrogens (primary N) is 1. The number of aromatic nitrogens is 1. The Hall–Kier alpha value is -0.840. The van der Waals surface area contributed by atoms with Crippen molar-refractivity contribution in [3.8, 4) is 0 Å². The lowest BCUT2D eigenvalue weighted by Gasteiger charge is -2.07. The number of hydrogen-bond donors (Lipinski definition) is 1. The van der Waals surface area contributed by atoms with Crippen molar-refractivity contribution in [3.63, 3.8) is 0 Å². The summed E-state index contributed by atoms with van der Waals surface area (Å²) < 4.78 is 1.02. The van der Waals surface area contributed by atoms with Crippen LogP contribution in [-0.4, -0.2) is 4.98 Å². The molecule has 17 heavy (non-hydrogen) atoms. The summed E-state index contributed by atoms with van der Waals surface area (Å²) in [5.41, 5.74) is 6.96. The van der Waals surface area contributed by atoms with E-state index in [0.29, 0.717) is 0 Å². The lowest BCUT2D eigenvalue weighted by molar-refractivity contribution is 0.817. The zero-order valence-corrected chi connectivity index (χ0v) is 11.8. The van der Waals surface area contributed by atoms with Gasteiger partial charge in [-0.15, -0.1) is 0 Å². The van der Waals surface area contributed by atoms with E-state index in [1.807, 2.05) is 19.1 Å². The first kappa shape index (κ1) is 12.6. The maximum absolute atomic E-state index is 5.81. The van der Waals surface area contributed by atoms with Crippen LogP contribution in [0.3, 0.4) is 0 Å². The maximum atomic E-state index is 5.81. The predicted molar refractivity (Wildman–Crippen MR) is 75.1 cm³/mol. The molecular formula is C13H13BrN2S. The Morgan fingerprint density at radius 3 is 2.53 bits per heavy atom. The quantitative estimate of drug-likeness (QED) is 0.931. The van der Waals surface area contributed by atoms with Gasteiger partial charge in [-0.2, -0.15) is 0 Å². The van der Waals surface area contributed by atoms with Gasteiger partial charge < -0.3 is 5.73 Å². The second kappa shape index (κ2) is 5.67. The van der Waals surface area contributed by atoms with Crippen LogP contribution in [0.5, 0.6) is 0 Å². The first-order valence-electron chi connectivity index (χ1n) is 5.31. The fraction of sp³-hybridized carbons (Fsp3) is 0.154. The van der Waals surface area contributed by atoms with Gasteiger partial charge in [-0.05, 0) is 52.7 Å². The highest BCUT2D eigenvalue weighted by Crippen LogP contribution is 2.31. The zero-order valence-electron chi connectivity index (χ0n) is 9.43. The first-order chi connectivity index (χ1) is 8.16. The van der Waals surface area contributed by atoms with Gasteiger partial charge >= 0.3 is 0 Å². The molecule has 2 aromatic rings. The minimum Gasteiger partial charge on any atom is -0.324 e. The smallest absolute Gasteiger partial charge is 0.115 e. The monoisotopic (exact) mass is 308 g/mol. The molecule has 1 atom stereocenters. The van der Waals surface area contributed by atoms with Gasteiger partial charge in [0.05, 0.1) is 4.47 Å². The highest BCUT2D eigenvalue weighted by atomic mass is 79.9. The molecule has 2 N–H and O–H groups in total. The van der Waals surface area contributed by atoms with E-state index in [1.165, 1.54) is 0 Å². The fourth-order valence-corrected chi connectivity index (χ4v) is 2.67. The molecule has 1 heterocycles. The van der Waals surface area contributed by atoms with Gasteiger partial charge in [0.15, 0.2) is 0 Å². The van der Waals surface area contributed by atoms with Crippen molar-refractivity contribution in [2.75, 3.05) is 0 Å². The lowest BCUT2D eigenvalue weighted by atomic mass is 10.1. The molecule has 88 valence electrons. The largest absolute Gasteiger partial charge is 0.324 e. The third-order valence-electron chi connectivity index (χ3n) is 2.35. The van der Waals surface area contributed by atoms with Crippen molar-refractivity contribution < 1.29 is 0 Å². The molecule has 0 radical (unpaired) electrons. The summed E-state index contributed by atoms with van der Waals surface area (Å²) in [4.78, 5) is 5.48. The Morgan fingerprint density at radius 1 is 1.24 bits per heavy atom. The van der Waals surface area contributed by atoms with E-state index in [4.69, 9.17) is 5.73 Å². The minimum atomic E-state index is 0.0793. The molecule has 0 saturated heterocycles. The van der Waals surface area contributed by atoms with Gasteiger partial charge in [-0.25, -0.2) is 4.98 Å². The second-order valence-corrected chi connectivity index (χ2v) is 5.67. The molecule has 0 saturated carbocycles. The maximum Gasteiger partial charge on any atom is 0.115 e. The third kappa shape index (κ3) is 3.31. The molecule has 1 aromatic heterocycles. The van der Waals surface area contributed by atoms with Gasteiger partial charge in [0.2, 0.25) is 0 Å². The number of rotatable bonds is 3. The van der Waals surface area contributed by atoms with E-state index in [0.717, 1.165) is 20.0 Å². The summed E-state index contributed by atoms with van der Waals surface area (Å²) in [5, 5.41) is 0.973. The summed E-state index contributed by atoms with van der Waals surface area (Å²) in [6.07, 6.45) is 1.80. The lowest BCUT2D eigenvalue weighted by Crippen LogP contribution is -2.04. The van der Waals surface area contributed by atoms with Crippen molar-refractivity contribution in [2.24, 2.45) is 5.73 Å². The van der Waals surface area contributed by atoms with Gasteiger partial charge in [0.25, 0.3) is 0 Å². The van der Waals surface area contributed by atoms with Crippen molar-refractivity contribution in [1.29, 1.82) is 0 Å². The van der Waals surface area contributed by atoms with Crippen molar-refractivity contribution >= 4 is 27.7 Å². The van der Waals surface area contributed by atoms with Gasteiger partial charge in [0.1, 0.15) is 5.03 Å². The third-order valence-corrected chi connectivity index (χ3v) is 4.27. The molecule has 2 rings (SSSR count). The molecule has 2 nitrogen and oxygen atoms in total. The van der Waals surface area contributed by atoms with Crippen molar-refractivity contribution in [3.05, 3.63) is 52.6 Å². The summed E-state index contributed by atoms with van der Waals surface area (Å²) in [6.45, 7) is 1.98. The molecule has 0 aliphatic heterocycles. The standard InChI is InChI=1S/C13H13BrN2S/c1-9(15)10-4-6-11(7-5-10)17-13-12(14)3-2-8-16-13/h2-9H,15H2,1H3. The van der Waals surface area contributed by atoms with Crippen LogP contribution in [-0.2, 0) is 0 Å². The molecule has 1 aromatic carbocycles. The first-order valence-corrected chi connectivity index (χ1v) is 6.91. The summed E-state index contributed by atoms with van der Waals surface area (Å²) in [7, 11) is 0. The SMILES string of the molecule is CC(N)c1ccc(Sc2ncccc2Br)cc1. The second-order valence-electron chi connectivity index (χ2n) is 3.75. The van der Waals surface area contributed by atoms with Gasteiger partial charge in [0, 0.05) is 17.1 Å². The van der Waals surface area contributed by atoms with E-state index in [-0.39, 0.29) is 6.04 Å². The molecule has 0 spiro atoms. The average Bonchev–Trinajstić information content (AvgIpc) is 2.33. The highest BCUT2D eigenvalue weighted by Gasteiger charge is 2.04. The predicted octanol–water partition coefficient (Wildman–Crippen LogP) is 4.02. The van der Waals surface area contributed by atoms with Crippen LogP contribution >= 0.6 is 27.7 Å². The molecule has 0 bridgehead atoms. The molecule has 1 unspecified atom stereocenters. The van der Waals surface area contributed by atoms with Crippen LogP contribution in [0.15, 0.2) is 57.0 Å². The molecular weight excluding hydrogens is 296 g/mol. The van der Waals surface area contributed by atoms with Gasteiger partial charge in [-0.1, -0.05) is 23.9 Å². The zero-order chi connectivity index (χ0) is 12.3. The number of pyridine rings is 1. The van der Waals surface area contributed by atoms with E-state index in [9.17, 15) is 0 Å². The summed E-state index contributed by atoms with van der Waals surface area (Å²) in [6, 6.07) is 12.2. The van der Waals surface area contributed by atoms with Crippen molar-refractivity contribution in [1.82, 2.24) is 4.98 Å². The van der Waals surface area contributed by atoms with E-state index >= 15 is 0 Å². The Labute approximate surface area is 114 Å². The number of hydrogen-bond acceptors (Lipinski definition) is 3. The van der Waals surface area contributed by atoms with Crippen LogP contribution in [0.1, 0.15) is 18.5 Å². The Morgan fingerprint density at radius 2 is 1.94 bits per heavy atom. The van der Waals surface area contributed by atoms with E-state index in [2.05, 4.69) is 45.2 Å². The van der Waals surface area contributed by atoms with E-state index < -0.39 is 0 Å². The molecule has 0 fully saturated rings. The summed E-state index contributed by atoms with van der Waals surface area (Å²) in [5.74, 6) is 0. The number of halogens is 1. The van der Waals surface area contributed by atoms with Crippen LogP contribution in [0, 0.1) is 0 Å². The fourth-order valence-electron chi connectivity index (χ4n) is 1.40. The number of benzene rings is 1. The molecule has 4 heteroatoms. The minimum absolute atomic E-state index is 0.0793. The summed E-state index contributed by atoms with van der Waals surface area (Å²) >= 11 is 5.12.